The van der Waals surface area contributed by atoms with E-state index in [0.717, 1.165) is 12.1 Å². The van der Waals surface area contributed by atoms with Gasteiger partial charge in [-0.1, -0.05) is 0 Å². The monoisotopic (exact) mass is 252 g/mol. The zero-order chi connectivity index (χ0) is 13.2. The highest BCUT2D eigenvalue weighted by molar-refractivity contribution is 5.81. The Morgan fingerprint density at radius 2 is 2.39 bits per heavy atom. The summed E-state index contributed by atoms with van der Waals surface area (Å²) in [5.41, 5.74) is 0.816. The van der Waals surface area contributed by atoms with Gasteiger partial charge >= 0.3 is 0 Å². The summed E-state index contributed by atoms with van der Waals surface area (Å²) in [7, 11) is 1.65. The summed E-state index contributed by atoms with van der Waals surface area (Å²) in [6.45, 7) is 3.63. The van der Waals surface area contributed by atoms with Gasteiger partial charge in [-0.3, -0.25) is 4.79 Å². The standard InChI is InChI=1S/C12H20N4O2/c1-10(12(17)13-6-4-8-18-2)14-9-11-5-3-7-15-16-11/h3,5,7,10,14H,4,6,8-9H2,1-2H3,(H,13,17). The minimum atomic E-state index is -0.255. The largest absolute Gasteiger partial charge is 0.385 e. The van der Waals surface area contributed by atoms with E-state index in [1.54, 1.807) is 13.3 Å². The molecule has 0 aliphatic carbocycles. The van der Waals surface area contributed by atoms with Gasteiger partial charge in [-0.25, -0.2) is 0 Å². The molecule has 0 aliphatic rings. The van der Waals surface area contributed by atoms with E-state index >= 15 is 0 Å². The minimum absolute atomic E-state index is 0.0185. The molecule has 1 heterocycles. The highest BCUT2D eigenvalue weighted by Crippen LogP contribution is 1.92. The first kappa shape index (κ1) is 14.5. The Bertz CT molecular complexity index is 345. The van der Waals surface area contributed by atoms with Crippen LogP contribution in [0.15, 0.2) is 18.3 Å². The number of carbonyl (C=O) groups is 1. The van der Waals surface area contributed by atoms with E-state index in [9.17, 15) is 4.79 Å². The molecular weight excluding hydrogens is 232 g/mol. The van der Waals surface area contributed by atoms with Crippen LogP contribution in [0.4, 0.5) is 0 Å². The van der Waals surface area contributed by atoms with Crippen LogP contribution in [0.25, 0.3) is 0 Å². The van der Waals surface area contributed by atoms with E-state index in [2.05, 4.69) is 20.8 Å². The van der Waals surface area contributed by atoms with Gasteiger partial charge in [0, 0.05) is 33.0 Å². The predicted molar refractivity (Wildman–Crippen MR) is 67.8 cm³/mol. The average Bonchev–Trinajstić information content (AvgIpc) is 2.42. The molecule has 0 aromatic carbocycles. The topological polar surface area (TPSA) is 76.1 Å². The third-order valence-electron chi connectivity index (χ3n) is 2.43. The normalized spacial score (nSPS) is 12.1. The lowest BCUT2D eigenvalue weighted by Crippen LogP contribution is -2.42. The lowest BCUT2D eigenvalue weighted by atomic mass is 10.3. The van der Waals surface area contributed by atoms with Crippen molar-refractivity contribution in [3.63, 3.8) is 0 Å². The highest BCUT2D eigenvalue weighted by atomic mass is 16.5. The SMILES string of the molecule is COCCCNC(=O)C(C)NCc1cccnn1. The first-order valence-electron chi connectivity index (χ1n) is 6.00. The van der Waals surface area contributed by atoms with E-state index in [-0.39, 0.29) is 11.9 Å². The van der Waals surface area contributed by atoms with E-state index in [1.165, 1.54) is 0 Å². The van der Waals surface area contributed by atoms with Crippen molar-refractivity contribution in [3.05, 3.63) is 24.0 Å². The lowest BCUT2D eigenvalue weighted by Gasteiger charge is -2.13. The second kappa shape index (κ2) is 8.54. The first-order valence-corrected chi connectivity index (χ1v) is 6.00. The Morgan fingerprint density at radius 3 is 3.06 bits per heavy atom. The molecule has 0 bridgehead atoms. The molecule has 0 spiro atoms. The molecule has 0 aliphatic heterocycles. The molecule has 1 amide bonds. The molecule has 1 unspecified atom stereocenters. The smallest absolute Gasteiger partial charge is 0.236 e. The Morgan fingerprint density at radius 1 is 1.56 bits per heavy atom. The molecule has 0 saturated carbocycles. The van der Waals surface area contributed by atoms with E-state index < -0.39 is 0 Å². The number of ether oxygens (including phenoxy) is 1. The van der Waals surface area contributed by atoms with Crippen molar-refractivity contribution in [2.45, 2.75) is 25.9 Å². The third-order valence-corrected chi connectivity index (χ3v) is 2.43. The van der Waals surface area contributed by atoms with Crippen LogP contribution in [0.5, 0.6) is 0 Å². The van der Waals surface area contributed by atoms with Gasteiger partial charge in [-0.15, -0.1) is 0 Å². The number of hydrogen-bond donors (Lipinski definition) is 2. The number of carbonyl (C=O) groups excluding carboxylic acids is 1. The van der Waals surface area contributed by atoms with Gasteiger partial charge in [0.1, 0.15) is 0 Å². The lowest BCUT2D eigenvalue weighted by molar-refractivity contribution is -0.122. The Kier molecular flexibility index (Phi) is 6.90. The van der Waals surface area contributed by atoms with Crippen molar-refractivity contribution in [1.29, 1.82) is 0 Å². The summed E-state index contributed by atoms with van der Waals surface area (Å²) in [5.74, 6) is -0.0185. The van der Waals surface area contributed by atoms with E-state index in [1.807, 2.05) is 19.1 Å². The summed E-state index contributed by atoms with van der Waals surface area (Å²) in [6, 6.07) is 3.43. The minimum Gasteiger partial charge on any atom is -0.385 e. The van der Waals surface area contributed by atoms with Crippen molar-refractivity contribution >= 4 is 5.91 Å². The highest BCUT2D eigenvalue weighted by Gasteiger charge is 2.11. The van der Waals surface area contributed by atoms with Crippen molar-refractivity contribution in [2.75, 3.05) is 20.3 Å². The number of methoxy groups -OCH3 is 1. The molecule has 0 fully saturated rings. The number of aromatic nitrogens is 2. The van der Waals surface area contributed by atoms with Crippen LogP contribution in [0.2, 0.25) is 0 Å². The molecule has 0 saturated heterocycles. The second-order valence-corrected chi connectivity index (χ2v) is 3.95. The van der Waals surface area contributed by atoms with Crippen LogP contribution in [0.1, 0.15) is 19.0 Å². The van der Waals surface area contributed by atoms with Gasteiger partial charge in [0.2, 0.25) is 5.91 Å². The Hall–Kier alpha value is -1.53. The number of nitrogens with one attached hydrogen (secondary N) is 2. The molecule has 100 valence electrons. The average molecular weight is 252 g/mol. The quantitative estimate of drug-likeness (QED) is 0.642. The zero-order valence-corrected chi connectivity index (χ0v) is 10.8. The third kappa shape index (κ3) is 5.70. The van der Waals surface area contributed by atoms with Gasteiger partial charge in [0.05, 0.1) is 11.7 Å². The maximum atomic E-state index is 11.7. The molecule has 1 aromatic rings. The number of hydrogen-bond acceptors (Lipinski definition) is 5. The van der Waals surface area contributed by atoms with E-state index in [0.29, 0.717) is 19.7 Å². The zero-order valence-electron chi connectivity index (χ0n) is 10.8. The molecule has 6 heteroatoms. The molecule has 1 aromatic heterocycles. The van der Waals surface area contributed by atoms with Gasteiger partial charge in [0.15, 0.2) is 0 Å². The molecule has 18 heavy (non-hydrogen) atoms. The maximum Gasteiger partial charge on any atom is 0.236 e. The predicted octanol–water partition coefficient (Wildman–Crippen LogP) is 0.107. The van der Waals surface area contributed by atoms with Crippen LogP contribution in [0.3, 0.4) is 0 Å². The first-order chi connectivity index (χ1) is 8.74. The van der Waals surface area contributed by atoms with E-state index in [4.69, 9.17) is 4.74 Å². The van der Waals surface area contributed by atoms with Crippen molar-refractivity contribution in [1.82, 2.24) is 20.8 Å². The van der Waals surface area contributed by atoms with Gasteiger partial charge < -0.3 is 15.4 Å². The fourth-order valence-corrected chi connectivity index (χ4v) is 1.36. The summed E-state index contributed by atoms with van der Waals surface area (Å²) >= 11 is 0. The van der Waals surface area contributed by atoms with Gasteiger partial charge in [0.25, 0.3) is 0 Å². The fraction of sp³-hybridized carbons (Fsp3) is 0.583. The van der Waals surface area contributed by atoms with Gasteiger partial charge in [-0.05, 0) is 25.5 Å². The van der Waals surface area contributed by atoms with Crippen LogP contribution >= 0.6 is 0 Å². The molecule has 0 radical (unpaired) electrons. The van der Waals surface area contributed by atoms with Gasteiger partial charge in [-0.2, -0.15) is 10.2 Å². The summed E-state index contributed by atoms with van der Waals surface area (Å²) in [5, 5.41) is 13.6. The second-order valence-electron chi connectivity index (χ2n) is 3.95. The molecule has 2 N–H and O–H groups in total. The summed E-state index contributed by atoms with van der Waals surface area (Å²) in [4.78, 5) is 11.7. The Labute approximate surface area is 107 Å². The summed E-state index contributed by atoms with van der Waals surface area (Å²) in [6.07, 6.45) is 2.44. The number of nitrogens with zero attached hydrogens (tertiary/aromatic N) is 2. The van der Waals surface area contributed by atoms with Crippen LogP contribution in [-0.2, 0) is 16.1 Å². The maximum absolute atomic E-state index is 11.7. The van der Waals surface area contributed by atoms with Crippen LogP contribution < -0.4 is 10.6 Å². The molecule has 1 atom stereocenters. The fourth-order valence-electron chi connectivity index (χ4n) is 1.36. The van der Waals surface area contributed by atoms with Crippen molar-refractivity contribution in [2.24, 2.45) is 0 Å². The molecule has 1 rings (SSSR count). The van der Waals surface area contributed by atoms with Crippen LogP contribution in [0, 0.1) is 0 Å². The Balaban J connectivity index is 2.19. The number of amides is 1. The molecular formula is C12H20N4O2. The van der Waals surface area contributed by atoms with Crippen molar-refractivity contribution in [3.8, 4) is 0 Å². The van der Waals surface area contributed by atoms with Crippen molar-refractivity contribution < 1.29 is 9.53 Å². The summed E-state index contributed by atoms with van der Waals surface area (Å²) < 4.78 is 4.91. The van der Waals surface area contributed by atoms with Crippen LogP contribution in [-0.4, -0.2) is 42.4 Å². The number of rotatable bonds is 8. The molecule has 6 nitrogen and oxygen atoms in total.